The van der Waals surface area contributed by atoms with Gasteiger partial charge in [0.25, 0.3) is 0 Å². The molecule has 0 fully saturated rings. The molecule has 0 saturated carbocycles. The fraction of sp³-hybridized carbons (Fsp3) is 0.222. The average molecular weight is 181 g/mol. The second kappa shape index (κ2) is 4.47. The molecule has 0 bridgehead atoms. The molecule has 4 heteroatoms. The minimum Gasteiger partial charge on any atom is -0.506 e. The number of hydrogen-bond donors (Lipinski definition) is 1. The molecule has 0 radical (unpaired) electrons. The zero-order valence-corrected chi connectivity index (χ0v) is 7.30. The number of carbonyl (C=O) groups is 1. The smallest absolute Gasteiger partial charge is 0.238 e. The van der Waals surface area contributed by atoms with Gasteiger partial charge in [0.15, 0.2) is 0 Å². The maximum atomic E-state index is 10.5. The summed E-state index contributed by atoms with van der Waals surface area (Å²) < 4.78 is 0. The summed E-state index contributed by atoms with van der Waals surface area (Å²) in [5.41, 5.74) is 0.347. The highest BCUT2D eigenvalue weighted by Crippen LogP contribution is 2.25. The van der Waals surface area contributed by atoms with Gasteiger partial charge in [0.2, 0.25) is 6.41 Å². The minimum atomic E-state index is 0.0167. The van der Waals surface area contributed by atoms with E-state index >= 15 is 0 Å². The number of carbonyl (C=O) groups excluding carboxylic acids is 1. The molecule has 1 N–H and O–H groups in total. The van der Waals surface area contributed by atoms with E-state index in [-0.39, 0.29) is 5.75 Å². The van der Waals surface area contributed by atoms with Crippen molar-refractivity contribution in [3.05, 3.63) is 24.3 Å². The number of phenols is 1. The maximum Gasteiger partial charge on any atom is 0.238 e. The van der Waals surface area contributed by atoms with Crippen molar-refractivity contribution in [3.63, 3.8) is 0 Å². The van der Waals surface area contributed by atoms with Gasteiger partial charge < -0.3 is 5.11 Å². The molecule has 13 heavy (non-hydrogen) atoms. The largest absolute Gasteiger partial charge is 0.506 e. The van der Waals surface area contributed by atoms with Gasteiger partial charge in [0.1, 0.15) is 11.4 Å². The summed E-state index contributed by atoms with van der Waals surface area (Å²) in [7, 11) is 0. The molecule has 0 aliphatic rings. The van der Waals surface area contributed by atoms with Crippen molar-refractivity contribution >= 4 is 12.1 Å². The number of hydroxylamine groups is 1. The number of anilines is 1. The topological polar surface area (TPSA) is 49.8 Å². The molecule has 1 amide bonds. The molecule has 1 aromatic rings. The average Bonchev–Trinajstić information content (AvgIpc) is 2.16. The summed E-state index contributed by atoms with van der Waals surface area (Å²) in [5, 5.41) is 10.4. The first-order valence-corrected chi connectivity index (χ1v) is 3.95. The molecule has 1 aromatic carbocycles. The standard InChI is InChI=1S/C9H11NO3/c1-2-13-10(7-11)8-5-3-4-6-9(8)12/h3-7,12H,2H2,1H3. The van der Waals surface area contributed by atoms with Gasteiger partial charge in [-0.05, 0) is 19.1 Å². The molecule has 0 unspecified atom stereocenters. The summed E-state index contributed by atoms with van der Waals surface area (Å²) in [4.78, 5) is 15.5. The Kier molecular flexibility index (Phi) is 3.28. The fourth-order valence-corrected chi connectivity index (χ4v) is 0.946. The van der Waals surface area contributed by atoms with Crippen LogP contribution in [0, 0.1) is 0 Å². The Bertz CT molecular complexity index is 288. The molecule has 0 heterocycles. The van der Waals surface area contributed by atoms with Crippen LogP contribution in [0.3, 0.4) is 0 Å². The van der Waals surface area contributed by atoms with Crippen LogP contribution >= 0.6 is 0 Å². The number of phenolic OH excluding ortho intramolecular Hbond substituents is 1. The second-order valence-corrected chi connectivity index (χ2v) is 2.34. The lowest BCUT2D eigenvalue weighted by atomic mass is 10.3. The third-order valence-electron chi connectivity index (χ3n) is 1.48. The van der Waals surface area contributed by atoms with E-state index in [1.165, 1.54) is 6.07 Å². The number of rotatable bonds is 4. The van der Waals surface area contributed by atoms with E-state index in [9.17, 15) is 9.90 Å². The van der Waals surface area contributed by atoms with Gasteiger partial charge in [-0.15, -0.1) is 0 Å². The van der Waals surface area contributed by atoms with Gasteiger partial charge >= 0.3 is 0 Å². The van der Waals surface area contributed by atoms with Gasteiger partial charge in [-0.1, -0.05) is 12.1 Å². The normalized spacial score (nSPS) is 9.62. The molecule has 0 aliphatic carbocycles. The SMILES string of the molecule is CCON(C=O)c1ccccc1O. The van der Waals surface area contributed by atoms with E-state index in [1.807, 2.05) is 0 Å². The Labute approximate surface area is 76.3 Å². The second-order valence-electron chi connectivity index (χ2n) is 2.34. The lowest BCUT2D eigenvalue weighted by Gasteiger charge is -2.16. The zero-order valence-electron chi connectivity index (χ0n) is 7.30. The molecule has 0 atom stereocenters. The summed E-state index contributed by atoms with van der Waals surface area (Å²) >= 11 is 0. The minimum absolute atomic E-state index is 0.0167. The van der Waals surface area contributed by atoms with E-state index < -0.39 is 0 Å². The summed E-state index contributed by atoms with van der Waals surface area (Å²) in [5.74, 6) is 0.0167. The van der Waals surface area contributed by atoms with Crippen LogP contribution in [-0.4, -0.2) is 18.1 Å². The Hall–Kier alpha value is -1.55. The number of nitrogens with zero attached hydrogens (tertiary/aromatic N) is 1. The zero-order chi connectivity index (χ0) is 9.68. The first kappa shape index (κ1) is 9.54. The summed E-state index contributed by atoms with van der Waals surface area (Å²) in [6.07, 6.45) is 0.512. The van der Waals surface area contributed by atoms with Crippen molar-refractivity contribution in [1.29, 1.82) is 0 Å². The van der Waals surface area contributed by atoms with E-state index in [0.717, 1.165) is 5.06 Å². The Morgan fingerprint density at radius 1 is 1.54 bits per heavy atom. The third-order valence-corrected chi connectivity index (χ3v) is 1.48. The van der Waals surface area contributed by atoms with Crippen molar-refractivity contribution < 1.29 is 14.7 Å². The molecule has 70 valence electrons. The molecular weight excluding hydrogens is 170 g/mol. The van der Waals surface area contributed by atoms with Crippen molar-refractivity contribution in [1.82, 2.24) is 0 Å². The van der Waals surface area contributed by atoms with Crippen LogP contribution < -0.4 is 5.06 Å². The fourth-order valence-electron chi connectivity index (χ4n) is 0.946. The Morgan fingerprint density at radius 3 is 2.77 bits per heavy atom. The van der Waals surface area contributed by atoms with E-state index in [2.05, 4.69) is 0 Å². The van der Waals surface area contributed by atoms with Crippen LogP contribution in [0.5, 0.6) is 5.75 Å². The molecule has 1 rings (SSSR count). The molecule has 0 aliphatic heterocycles. The predicted octanol–water partition coefficient (Wildman–Crippen LogP) is 1.31. The van der Waals surface area contributed by atoms with Gasteiger partial charge in [-0.25, -0.2) is 0 Å². The maximum absolute atomic E-state index is 10.5. The molecular formula is C9H11NO3. The number of aromatic hydroxyl groups is 1. The number of benzene rings is 1. The van der Waals surface area contributed by atoms with E-state index in [0.29, 0.717) is 18.7 Å². The van der Waals surface area contributed by atoms with Gasteiger partial charge in [-0.3, -0.25) is 9.63 Å². The Balaban J connectivity index is 2.90. The van der Waals surface area contributed by atoms with E-state index in [4.69, 9.17) is 4.84 Å². The van der Waals surface area contributed by atoms with Gasteiger partial charge in [0, 0.05) is 0 Å². The first-order chi connectivity index (χ1) is 6.29. The summed E-state index contributed by atoms with van der Waals surface area (Å²) in [6, 6.07) is 6.47. The molecule has 4 nitrogen and oxygen atoms in total. The monoisotopic (exact) mass is 181 g/mol. The van der Waals surface area contributed by atoms with Crippen LogP contribution in [0.1, 0.15) is 6.92 Å². The molecule has 0 aromatic heterocycles. The van der Waals surface area contributed by atoms with Crippen LogP contribution in [0.2, 0.25) is 0 Å². The Morgan fingerprint density at radius 2 is 2.23 bits per heavy atom. The highest BCUT2D eigenvalue weighted by molar-refractivity contribution is 5.75. The summed E-state index contributed by atoms with van der Waals surface area (Å²) in [6.45, 7) is 2.13. The van der Waals surface area contributed by atoms with E-state index in [1.54, 1.807) is 25.1 Å². The molecule has 0 saturated heterocycles. The van der Waals surface area contributed by atoms with Crippen LogP contribution in [0.25, 0.3) is 0 Å². The van der Waals surface area contributed by atoms with Crippen LogP contribution in [0.15, 0.2) is 24.3 Å². The molecule has 0 spiro atoms. The highest BCUT2D eigenvalue weighted by atomic mass is 16.7. The number of amides is 1. The number of para-hydroxylation sites is 2. The van der Waals surface area contributed by atoms with Crippen molar-refractivity contribution in [2.75, 3.05) is 11.7 Å². The van der Waals surface area contributed by atoms with Crippen LogP contribution in [-0.2, 0) is 9.63 Å². The van der Waals surface area contributed by atoms with Crippen molar-refractivity contribution in [2.45, 2.75) is 6.92 Å². The van der Waals surface area contributed by atoms with Gasteiger partial charge in [-0.2, -0.15) is 5.06 Å². The van der Waals surface area contributed by atoms with Crippen molar-refractivity contribution in [3.8, 4) is 5.75 Å². The van der Waals surface area contributed by atoms with Crippen molar-refractivity contribution in [2.24, 2.45) is 0 Å². The lowest BCUT2D eigenvalue weighted by molar-refractivity contribution is -0.113. The predicted molar refractivity (Wildman–Crippen MR) is 48.3 cm³/mol. The first-order valence-electron chi connectivity index (χ1n) is 3.95. The van der Waals surface area contributed by atoms with Gasteiger partial charge in [0.05, 0.1) is 6.61 Å². The third kappa shape index (κ3) is 2.19. The lowest BCUT2D eigenvalue weighted by Crippen LogP contribution is -2.21. The quantitative estimate of drug-likeness (QED) is 0.562. The highest BCUT2D eigenvalue weighted by Gasteiger charge is 2.08. The number of hydrogen-bond acceptors (Lipinski definition) is 3. The van der Waals surface area contributed by atoms with Crippen LogP contribution in [0.4, 0.5) is 5.69 Å².